The largest absolute Gasteiger partial charge is 0.508 e. The fourth-order valence-electron chi connectivity index (χ4n) is 2.86. The fourth-order valence-corrected chi connectivity index (χ4v) is 2.98. The molecule has 0 aliphatic carbocycles. The smallest absolute Gasteiger partial charge is 0.407 e. The first-order chi connectivity index (χ1) is 12.1. The lowest BCUT2D eigenvalue weighted by Crippen LogP contribution is -2.30. The molecule has 1 unspecified atom stereocenters. The number of aromatic hydroxyl groups is 1. The van der Waals surface area contributed by atoms with Crippen LogP contribution in [0.1, 0.15) is 24.1 Å². The summed E-state index contributed by atoms with van der Waals surface area (Å²) < 4.78 is 5.03. The number of benzene rings is 3. The van der Waals surface area contributed by atoms with E-state index < -0.39 is 12.1 Å². The molecule has 3 aromatic rings. The van der Waals surface area contributed by atoms with Gasteiger partial charge in [0.25, 0.3) is 0 Å². The molecule has 3 aromatic carbocycles. The number of carbonyl (C=O) groups is 1. The zero-order valence-electron chi connectivity index (χ0n) is 13.7. The summed E-state index contributed by atoms with van der Waals surface area (Å²) in [5.41, 5.74) is 1.41. The number of hydrogen-bond donors (Lipinski definition) is 2. The van der Waals surface area contributed by atoms with E-state index in [4.69, 9.17) is 16.3 Å². The number of phenolic OH excluding ortho intramolecular Hbond substituents is 1. The van der Waals surface area contributed by atoms with Gasteiger partial charge in [0, 0.05) is 10.6 Å². The third-order valence-electron chi connectivity index (χ3n) is 3.98. The maximum atomic E-state index is 12.1. The van der Waals surface area contributed by atoms with Crippen LogP contribution in [-0.2, 0) is 4.74 Å². The van der Waals surface area contributed by atoms with Crippen molar-refractivity contribution in [1.29, 1.82) is 0 Å². The number of ether oxygens (including phenoxy) is 1. The van der Waals surface area contributed by atoms with Gasteiger partial charge in [-0.1, -0.05) is 54.1 Å². The quantitative estimate of drug-likeness (QED) is 0.689. The molecule has 3 rings (SSSR count). The minimum Gasteiger partial charge on any atom is -0.508 e. The molecule has 0 aromatic heterocycles. The third kappa shape index (κ3) is 3.69. The van der Waals surface area contributed by atoms with Gasteiger partial charge < -0.3 is 15.2 Å². The summed E-state index contributed by atoms with van der Waals surface area (Å²) >= 11 is 5.98. The molecule has 0 saturated heterocycles. The Balaban J connectivity index is 2.15. The number of phenols is 1. The molecule has 128 valence electrons. The van der Waals surface area contributed by atoms with Crippen molar-refractivity contribution >= 4 is 28.5 Å². The first-order valence-corrected chi connectivity index (χ1v) is 8.37. The number of hydrogen-bond acceptors (Lipinski definition) is 3. The van der Waals surface area contributed by atoms with E-state index in [9.17, 15) is 9.90 Å². The summed E-state index contributed by atoms with van der Waals surface area (Å²) in [4.78, 5) is 12.1. The molecular formula is C20H18ClNO3. The van der Waals surface area contributed by atoms with Gasteiger partial charge in [-0.25, -0.2) is 4.79 Å². The predicted molar refractivity (Wildman–Crippen MR) is 99.1 cm³/mol. The standard InChI is InChI=1S/C20H18ClNO3/c1-2-25-20(24)22-19(14-7-10-15(21)11-8-14)18-16-6-4-3-5-13(16)9-12-17(18)23/h3-12,19,23H,2H2,1H3,(H,22,24). The summed E-state index contributed by atoms with van der Waals surface area (Å²) in [6.07, 6.45) is -0.546. The SMILES string of the molecule is CCOC(=O)NC(c1ccc(Cl)cc1)c1c(O)ccc2ccccc12. The van der Waals surface area contributed by atoms with E-state index in [1.807, 2.05) is 42.5 Å². The van der Waals surface area contributed by atoms with E-state index >= 15 is 0 Å². The highest BCUT2D eigenvalue weighted by Crippen LogP contribution is 2.36. The zero-order chi connectivity index (χ0) is 17.8. The van der Waals surface area contributed by atoms with Gasteiger partial charge in [-0.2, -0.15) is 0 Å². The van der Waals surface area contributed by atoms with Gasteiger partial charge in [-0.3, -0.25) is 0 Å². The monoisotopic (exact) mass is 355 g/mol. The van der Waals surface area contributed by atoms with Crippen molar-refractivity contribution in [1.82, 2.24) is 5.32 Å². The highest BCUT2D eigenvalue weighted by molar-refractivity contribution is 6.30. The number of rotatable bonds is 4. The predicted octanol–water partition coefficient (Wildman–Crippen LogP) is 5.03. The molecule has 25 heavy (non-hydrogen) atoms. The summed E-state index contributed by atoms with van der Waals surface area (Å²) in [7, 11) is 0. The second-order valence-corrected chi connectivity index (χ2v) is 6.01. The molecule has 4 nitrogen and oxygen atoms in total. The highest BCUT2D eigenvalue weighted by Gasteiger charge is 2.23. The Morgan fingerprint density at radius 1 is 1.12 bits per heavy atom. The van der Waals surface area contributed by atoms with Crippen molar-refractivity contribution in [3.05, 3.63) is 76.8 Å². The van der Waals surface area contributed by atoms with Gasteiger partial charge in [-0.15, -0.1) is 0 Å². The summed E-state index contributed by atoms with van der Waals surface area (Å²) in [6, 6.07) is 17.8. The van der Waals surface area contributed by atoms with Crippen molar-refractivity contribution in [2.24, 2.45) is 0 Å². The minimum absolute atomic E-state index is 0.107. The van der Waals surface area contributed by atoms with E-state index in [0.29, 0.717) is 10.6 Å². The van der Waals surface area contributed by atoms with Crippen LogP contribution in [0.2, 0.25) is 5.02 Å². The van der Waals surface area contributed by atoms with Crippen molar-refractivity contribution in [2.45, 2.75) is 13.0 Å². The van der Waals surface area contributed by atoms with Gasteiger partial charge in [0.15, 0.2) is 0 Å². The van der Waals surface area contributed by atoms with Crippen molar-refractivity contribution in [2.75, 3.05) is 6.61 Å². The van der Waals surface area contributed by atoms with E-state index in [2.05, 4.69) is 5.32 Å². The van der Waals surface area contributed by atoms with Crippen LogP contribution < -0.4 is 5.32 Å². The number of amides is 1. The second kappa shape index (κ2) is 7.45. The Morgan fingerprint density at radius 2 is 1.84 bits per heavy atom. The molecule has 0 saturated carbocycles. The number of carbonyl (C=O) groups excluding carboxylic acids is 1. The molecule has 0 aliphatic heterocycles. The van der Waals surface area contributed by atoms with Gasteiger partial charge in [0.2, 0.25) is 0 Å². The van der Waals surface area contributed by atoms with Crippen molar-refractivity contribution < 1.29 is 14.6 Å². The second-order valence-electron chi connectivity index (χ2n) is 5.57. The molecule has 0 fully saturated rings. The van der Waals surface area contributed by atoms with Crippen LogP contribution >= 0.6 is 11.6 Å². The van der Waals surface area contributed by atoms with Crippen LogP contribution in [-0.4, -0.2) is 17.8 Å². The van der Waals surface area contributed by atoms with Gasteiger partial charge in [0.1, 0.15) is 5.75 Å². The van der Waals surface area contributed by atoms with E-state index in [0.717, 1.165) is 16.3 Å². The maximum Gasteiger partial charge on any atom is 0.407 e. The van der Waals surface area contributed by atoms with Crippen LogP contribution in [0.5, 0.6) is 5.75 Å². The number of halogens is 1. The Bertz CT molecular complexity index is 893. The van der Waals surface area contributed by atoms with Crippen molar-refractivity contribution in [3.63, 3.8) is 0 Å². The molecule has 0 bridgehead atoms. The number of nitrogens with one attached hydrogen (secondary N) is 1. The van der Waals surface area contributed by atoms with Gasteiger partial charge in [0.05, 0.1) is 12.6 Å². The summed E-state index contributed by atoms with van der Waals surface area (Å²) in [5.74, 6) is 0.107. The van der Waals surface area contributed by atoms with E-state index in [1.165, 1.54) is 0 Å². The lowest BCUT2D eigenvalue weighted by molar-refractivity contribution is 0.149. The highest BCUT2D eigenvalue weighted by atomic mass is 35.5. The molecule has 1 amide bonds. The van der Waals surface area contributed by atoms with E-state index in [-0.39, 0.29) is 12.4 Å². The first kappa shape index (κ1) is 17.1. The normalized spacial score (nSPS) is 11.9. The topological polar surface area (TPSA) is 58.6 Å². The number of fused-ring (bicyclic) bond motifs is 1. The van der Waals surface area contributed by atoms with Crippen LogP contribution in [0.15, 0.2) is 60.7 Å². The molecular weight excluding hydrogens is 338 g/mol. The lowest BCUT2D eigenvalue weighted by atomic mass is 9.93. The van der Waals surface area contributed by atoms with E-state index in [1.54, 1.807) is 25.1 Å². The average molecular weight is 356 g/mol. The first-order valence-electron chi connectivity index (χ1n) is 7.99. The molecule has 5 heteroatoms. The Labute approximate surface area is 151 Å². The molecule has 0 spiro atoms. The summed E-state index contributed by atoms with van der Waals surface area (Å²) in [5, 5.41) is 15.8. The average Bonchev–Trinajstić information content (AvgIpc) is 2.61. The lowest BCUT2D eigenvalue weighted by Gasteiger charge is -2.22. The Morgan fingerprint density at radius 3 is 2.56 bits per heavy atom. The van der Waals surface area contributed by atoms with Gasteiger partial charge >= 0.3 is 6.09 Å². The molecule has 0 aliphatic rings. The zero-order valence-corrected chi connectivity index (χ0v) is 14.5. The van der Waals surface area contributed by atoms with Crippen molar-refractivity contribution in [3.8, 4) is 5.75 Å². The van der Waals surface area contributed by atoms with Crippen LogP contribution in [0.3, 0.4) is 0 Å². The Kier molecular flexibility index (Phi) is 5.10. The summed E-state index contributed by atoms with van der Waals surface area (Å²) in [6.45, 7) is 2.01. The maximum absolute atomic E-state index is 12.1. The fraction of sp³-hybridized carbons (Fsp3) is 0.150. The van der Waals surface area contributed by atoms with Gasteiger partial charge in [-0.05, 0) is 41.5 Å². The van der Waals surface area contributed by atoms with Crippen LogP contribution in [0, 0.1) is 0 Å². The number of alkyl carbamates (subject to hydrolysis) is 1. The van der Waals surface area contributed by atoms with Crippen LogP contribution in [0.25, 0.3) is 10.8 Å². The van der Waals surface area contributed by atoms with Crippen LogP contribution in [0.4, 0.5) is 4.79 Å². The third-order valence-corrected chi connectivity index (χ3v) is 4.23. The Hall–Kier alpha value is -2.72. The minimum atomic E-state index is -0.567. The molecule has 2 N–H and O–H groups in total. The molecule has 0 heterocycles. The molecule has 1 atom stereocenters. The molecule has 0 radical (unpaired) electrons.